The first kappa shape index (κ1) is 14.7. The number of ether oxygens (including phenoxy) is 1. The molecule has 1 aliphatic rings. The number of Topliss-reactive ketones (excluding diaryl/α,β-unsaturated/α-hetero) is 1. The molecule has 1 aromatic heterocycles. The highest BCUT2D eigenvalue weighted by Gasteiger charge is 2.39. The van der Waals surface area contributed by atoms with Crippen LogP contribution in [0.5, 0.6) is 0 Å². The van der Waals surface area contributed by atoms with Gasteiger partial charge in [-0.2, -0.15) is 0 Å². The maximum Gasteiger partial charge on any atom is 0.169 e. The van der Waals surface area contributed by atoms with Gasteiger partial charge in [-0.25, -0.2) is 0 Å². The van der Waals surface area contributed by atoms with Crippen LogP contribution in [0.15, 0.2) is 12.1 Å². The van der Waals surface area contributed by atoms with Crippen molar-refractivity contribution in [1.29, 1.82) is 0 Å². The lowest BCUT2D eigenvalue weighted by Crippen LogP contribution is -2.44. The van der Waals surface area contributed by atoms with Crippen LogP contribution in [0.3, 0.4) is 0 Å². The molecule has 0 amide bonds. The molecule has 0 unspecified atom stereocenters. The van der Waals surface area contributed by atoms with Crippen LogP contribution in [-0.2, 0) is 22.4 Å². The largest absolute Gasteiger partial charge is 0.367 e. The molecule has 0 aliphatic heterocycles. The first-order valence-corrected chi connectivity index (χ1v) is 8.26. The van der Waals surface area contributed by atoms with E-state index in [1.54, 1.807) is 11.3 Å². The fourth-order valence-corrected chi connectivity index (χ4v) is 3.89. The third-order valence-corrected chi connectivity index (χ3v) is 5.22. The predicted molar refractivity (Wildman–Crippen MR) is 79.9 cm³/mol. The van der Waals surface area contributed by atoms with Crippen LogP contribution >= 0.6 is 11.3 Å². The summed E-state index contributed by atoms with van der Waals surface area (Å²) in [5, 5.41) is 0. The molecule has 1 saturated carbocycles. The minimum absolute atomic E-state index is 0.290. The van der Waals surface area contributed by atoms with Crippen molar-refractivity contribution in [3.63, 3.8) is 0 Å². The third kappa shape index (κ3) is 3.46. The summed E-state index contributed by atoms with van der Waals surface area (Å²) in [5.74, 6) is 0.290. The van der Waals surface area contributed by atoms with Crippen molar-refractivity contribution < 1.29 is 9.53 Å². The van der Waals surface area contributed by atoms with E-state index in [4.69, 9.17) is 4.74 Å². The van der Waals surface area contributed by atoms with Crippen LogP contribution < -0.4 is 0 Å². The summed E-state index contributed by atoms with van der Waals surface area (Å²) in [4.78, 5) is 15.2. The Balaban J connectivity index is 2.06. The van der Waals surface area contributed by atoms with Crippen LogP contribution in [0, 0.1) is 0 Å². The summed E-state index contributed by atoms with van der Waals surface area (Å²) in [6.07, 6.45) is 6.89. The maximum absolute atomic E-state index is 12.7. The van der Waals surface area contributed by atoms with E-state index in [0.29, 0.717) is 18.8 Å². The Morgan fingerprint density at radius 3 is 2.47 bits per heavy atom. The lowest BCUT2D eigenvalue weighted by molar-refractivity contribution is -0.148. The predicted octanol–water partition coefficient (Wildman–Crippen LogP) is 4.16. The molecule has 1 heterocycles. The fourth-order valence-electron chi connectivity index (χ4n) is 2.93. The summed E-state index contributed by atoms with van der Waals surface area (Å²) < 4.78 is 5.89. The van der Waals surface area contributed by atoms with Crippen LogP contribution in [0.4, 0.5) is 0 Å². The Morgan fingerprint density at radius 2 is 1.89 bits per heavy atom. The topological polar surface area (TPSA) is 26.3 Å². The highest BCUT2D eigenvalue weighted by atomic mass is 32.1. The van der Waals surface area contributed by atoms with Crippen molar-refractivity contribution >= 4 is 17.1 Å². The average molecular weight is 280 g/mol. The Bertz CT molecular complexity index is 411. The maximum atomic E-state index is 12.7. The van der Waals surface area contributed by atoms with E-state index in [2.05, 4.69) is 19.1 Å². The molecule has 19 heavy (non-hydrogen) atoms. The molecule has 3 heteroatoms. The fraction of sp³-hybridized carbons (Fsp3) is 0.688. The number of thiophene rings is 1. The van der Waals surface area contributed by atoms with Crippen LogP contribution in [0.1, 0.15) is 55.7 Å². The van der Waals surface area contributed by atoms with Gasteiger partial charge in [0.25, 0.3) is 0 Å². The summed E-state index contributed by atoms with van der Waals surface area (Å²) in [6.45, 7) is 4.78. The Kier molecular flexibility index (Phi) is 5.17. The number of hydrogen-bond acceptors (Lipinski definition) is 3. The first-order chi connectivity index (χ1) is 9.20. The van der Waals surface area contributed by atoms with Crippen molar-refractivity contribution in [3.05, 3.63) is 21.9 Å². The molecule has 0 N–H and O–H groups in total. The van der Waals surface area contributed by atoms with Crippen molar-refractivity contribution in [2.24, 2.45) is 0 Å². The highest BCUT2D eigenvalue weighted by molar-refractivity contribution is 7.12. The second kappa shape index (κ2) is 6.67. The SMILES string of the molecule is CCOC1(C(=O)Cc2ccc(CC)s2)CCCCC1. The van der Waals surface area contributed by atoms with Gasteiger partial charge in [-0.1, -0.05) is 26.2 Å². The van der Waals surface area contributed by atoms with E-state index in [0.717, 1.165) is 32.1 Å². The quantitative estimate of drug-likeness (QED) is 0.782. The van der Waals surface area contributed by atoms with Gasteiger partial charge in [0.2, 0.25) is 0 Å². The molecular formula is C16H24O2S. The lowest BCUT2D eigenvalue weighted by atomic mass is 9.80. The second-order valence-electron chi connectivity index (χ2n) is 5.31. The van der Waals surface area contributed by atoms with Crippen LogP contribution in [-0.4, -0.2) is 18.0 Å². The van der Waals surface area contributed by atoms with Gasteiger partial charge >= 0.3 is 0 Å². The van der Waals surface area contributed by atoms with Crippen molar-refractivity contribution in [2.45, 2.75) is 64.4 Å². The Labute approximate surface area is 120 Å². The van der Waals surface area contributed by atoms with Gasteiger partial charge in [-0.15, -0.1) is 11.3 Å². The second-order valence-corrected chi connectivity index (χ2v) is 6.56. The lowest BCUT2D eigenvalue weighted by Gasteiger charge is -2.35. The average Bonchev–Trinajstić information content (AvgIpc) is 2.88. The zero-order chi connectivity index (χ0) is 13.7. The summed E-state index contributed by atoms with van der Waals surface area (Å²) in [5.41, 5.74) is -0.483. The standard InChI is InChI=1S/C16H24O2S/c1-3-13-8-9-14(19-13)12-15(17)16(18-4-2)10-6-5-7-11-16/h8-9H,3-7,10-12H2,1-2H3. The van der Waals surface area contributed by atoms with E-state index in [9.17, 15) is 4.79 Å². The molecule has 1 aromatic rings. The minimum atomic E-state index is -0.483. The number of ketones is 1. The third-order valence-electron chi connectivity index (χ3n) is 3.99. The number of carbonyl (C=O) groups is 1. The molecule has 0 radical (unpaired) electrons. The zero-order valence-electron chi connectivity index (χ0n) is 12.0. The molecule has 0 spiro atoms. The molecule has 2 rings (SSSR count). The molecule has 0 atom stereocenters. The smallest absolute Gasteiger partial charge is 0.169 e. The normalized spacial score (nSPS) is 18.4. The highest BCUT2D eigenvalue weighted by Crippen LogP contribution is 2.34. The summed E-state index contributed by atoms with van der Waals surface area (Å²) >= 11 is 1.77. The number of hydrogen-bond donors (Lipinski definition) is 0. The minimum Gasteiger partial charge on any atom is -0.367 e. The monoisotopic (exact) mass is 280 g/mol. The van der Waals surface area contributed by atoms with E-state index in [-0.39, 0.29) is 0 Å². The van der Waals surface area contributed by atoms with Gasteiger partial charge in [-0.05, 0) is 38.3 Å². The van der Waals surface area contributed by atoms with Crippen LogP contribution in [0.25, 0.3) is 0 Å². The van der Waals surface area contributed by atoms with Gasteiger partial charge in [0.1, 0.15) is 5.60 Å². The first-order valence-electron chi connectivity index (χ1n) is 7.45. The summed E-state index contributed by atoms with van der Waals surface area (Å²) in [7, 11) is 0. The Hall–Kier alpha value is -0.670. The van der Waals surface area contributed by atoms with Gasteiger partial charge in [0.05, 0.1) is 0 Å². The molecular weight excluding hydrogens is 256 g/mol. The number of aryl methyl sites for hydroxylation is 1. The number of carbonyl (C=O) groups excluding carboxylic acids is 1. The van der Waals surface area contributed by atoms with Crippen molar-refractivity contribution in [1.82, 2.24) is 0 Å². The Morgan fingerprint density at radius 1 is 1.21 bits per heavy atom. The van der Waals surface area contributed by atoms with Gasteiger partial charge in [0.15, 0.2) is 5.78 Å². The zero-order valence-corrected chi connectivity index (χ0v) is 12.9. The van der Waals surface area contributed by atoms with Gasteiger partial charge in [0, 0.05) is 22.8 Å². The summed E-state index contributed by atoms with van der Waals surface area (Å²) in [6, 6.07) is 4.24. The van der Waals surface area contributed by atoms with E-state index < -0.39 is 5.60 Å². The molecule has 2 nitrogen and oxygen atoms in total. The molecule has 106 valence electrons. The van der Waals surface area contributed by atoms with Gasteiger partial charge < -0.3 is 4.74 Å². The van der Waals surface area contributed by atoms with Crippen molar-refractivity contribution in [2.75, 3.05) is 6.61 Å². The van der Waals surface area contributed by atoms with E-state index in [1.165, 1.54) is 16.2 Å². The van der Waals surface area contributed by atoms with Crippen LogP contribution in [0.2, 0.25) is 0 Å². The van der Waals surface area contributed by atoms with Crippen molar-refractivity contribution in [3.8, 4) is 0 Å². The van der Waals surface area contributed by atoms with E-state index in [1.807, 2.05) is 6.92 Å². The van der Waals surface area contributed by atoms with E-state index >= 15 is 0 Å². The molecule has 1 fully saturated rings. The number of rotatable bonds is 6. The molecule has 0 saturated heterocycles. The molecule has 0 aromatic carbocycles. The van der Waals surface area contributed by atoms with Gasteiger partial charge in [-0.3, -0.25) is 4.79 Å². The molecule has 1 aliphatic carbocycles. The molecule has 0 bridgehead atoms.